The molecule has 0 aromatic heterocycles. The molecule has 0 aliphatic heterocycles. The number of methoxy groups -OCH3 is 1. The maximum Gasteiger partial charge on any atom is 0.224 e. The van der Waals surface area contributed by atoms with Crippen LogP contribution in [-0.2, 0) is 4.79 Å². The molecule has 4 heteroatoms. The summed E-state index contributed by atoms with van der Waals surface area (Å²) < 4.78 is 5.22. The summed E-state index contributed by atoms with van der Waals surface area (Å²) in [5.74, 6) is 1.27. The number of para-hydroxylation sites is 2. The summed E-state index contributed by atoms with van der Waals surface area (Å²) in [4.78, 5) is 12.0. The summed E-state index contributed by atoms with van der Waals surface area (Å²) >= 11 is 0. The van der Waals surface area contributed by atoms with Crippen molar-refractivity contribution >= 4 is 11.6 Å². The van der Waals surface area contributed by atoms with Gasteiger partial charge >= 0.3 is 0 Å². The second-order valence-electron chi connectivity index (χ2n) is 5.02. The average Bonchev–Trinajstić information content (AvgIpc) is 2.46. The van der Waals surface area contributed by atoms with Crippen LogP contribution in [0.1, 0.15) is 39.0 Å². The Morgan fingerprint density at radius 3 is 2.70 bits per heavy atom. The number of benzene rings is 1. The van der Waals surface area contributed by atoms with Gasteiger partial charge in [-0.1, -0.05) is 31.9 Å². The van der Waals surface area contributed by atoms with Crippen molar-refractivity contribution in [2.24, 2.45) is 11.7 Å². The van der Waals surface area contributed by atoms with Gasteiger partial charge in [-0.25, -0.2) is 0 Å². The predicted molar refractivity (Wildman–Crippen MR) is 82.9 cm³/mol. The van der Waals surface area contributed by atoms with Gasteiger partial charge in [0.15, 0.2) is 0 Å². The van der Waals surface area contributed by atoms with E-state index in [0.717, 1.165) is 31.4 Å². The maximum atomic E-state index is 12.0. The van der Waals surface area contributed by atoms with Crippen LogP contribution in [0.4, 0.5) is 5.69 Å². The first kappa shape index (κ1) is 16.5. The molecular weight excluding hydrogens is 252 g/mol. The third-order valence-corrected chi connectivity index (χ3v) is 3.43. The van der Waals surface area contributed by atoms with Crippen molar-refractivity contribution in [2.45, 2.75) is 39.0 Å². The number of carbonyl (C=O) groups is 1. The molecule has 20 heavy (non-hydrogen) atoms. The normalized spacial score (nSPS) is 11.9. The molecule has 1 aromatic rings. The van der Waals surface area contributed by atoms with Crippen LogP contribution in [0, 0.1) is 5.92 Å². The monoisotopic (exact) mass is 278 g/mol. The highest BCUT2D eigenvalue weighted by molar-refractivity contribution is 5.92. The minimum atomic E-state index is 0.0348. The minimum absolute atomic E-state index is 0.0348. The fourth-order valence-corrected chi connectivity index (χ4v) is 2.37. The minimum Gasteiger partial charge on any atom is -0.495 e. The van der Waals surface area contributed by atoms with Gasteiger partial charge in [-0.05, 0) is 37.4 Å². The van der Waals surface area contributed by atoms with E-state index < -0.39 is 0 Å². The topological polar surface area (TPSA) is 64.4 Å². The molecule has 4 nitrogen and oxygen atoms in total. The van der Waals surface area contributed by atoms with Crippen molar-refractivity contribution in [2.75, 3.05) is 19.0 Å². The van der Waals surface area contributed by atoms with Crippen LogP contribution in [0.25, 0.3) is 0 Å². The van der Waals surface area contributed by atoms with Gasteiger partial charge in [-0.15, -0.1) is 0 Å². The largest absolute Gasteiger partial charge is 0.495 e. The van der Waals surface area contributed by atoms with E-state index in [4.69, 9.17) is 10.5 Å². The average molecular weight is 278 g/mol. The van der Waals surface area contributed by atoms with Crippen LogP contribution in [-0.4, -0.2) is 19.6 Å². The lowest BCUT2D eigenvalue weighted by molar-refractivity contribution is -0.116. The molecule has 0 aliphatic carbocycles. The molecule has 0 saturated carbocycles. The molecule has 1 atom stereocenters. The Kier molecular flexibility index (Phi) is 7.73. The van der Waals surface area contributed by atoms with Crippen LogP contribution >= 0.6 is 0 Å². The number of hydrogen-bond donors (Lipinski definition) is 2. The number of hydrogen-bond acceptors (Lipinski definition) is 3. The van der Waals surface area contributed by atoms with Gasteiger partial charge in [-0.2, -0.15) is 0 Å². The Labute approximate surface area is 121 Å². The van der Waals surface area contributed by atoms with Crippen LogP contribution in [0.3, 0.4) is 0 Å². The first-order valence-electron chi connectivity index (χ1n) is 7.34. The smallest absolute Gasteiger partial charge is 0.224 e. The fourth-order valence-electron chi connectivity index (χ4n) is 2.37. The molecule has 0 heterocycles. The molecular formula is C16H26N2O2. The van der Waals surface area contributed by atoms with E-state index in [-0.39, 0.29) is 5.91 Å². The number of nitrogens with two attached hydrogens (primary N) is 1. The number of ether oxygens (including phenoxy) is 1. The number of anilines is 1. The lowest BCUT2D eigenvalue weighted by Gasteiger charge is -2.15. The van der Waals surface area contributed by atoms with Gasteiger partial charge < -0.3 is 15.8 Å². The molecule has 1 rings (SSSR count). The summed E-state index contributed by atoms with van der Waals surface area (Å²) in [5.41, 5.74) is 6.34. The highest BCUT2D eigenvalue weighted by Crippen LogP contribution is 2.24. The van der Waals surface area contributed by atoms with Gasteiger partial charge in [0, 0.05) is 6.42 Å². The zero-order valence-electron chi connectivity index (χ0n) is 12.5. The van der Waals surface area contributed by atoms with Gasteiger partial charge in [0.05, 0.1) is 12.8 Å². The lowest BCUT2D eigenvalue weighted by atomic mass is 9.94. The molecule has 0 saturated heterocycles. The SMILES string of the molecule is CCCC(CCN)CCC(=O)Nc1ccccc1OC. The molecule has 1 unspecified atom stereocenters. The second-order valence-corrected chi connectivity index (χ2v) is 5.02. The summed E-state index contributed by atoms with van der Waals surface area (Å²) in [7, 11) is 1.60. The number of amides is 1. The molecule has 0 bridgehead atoms. The lowest BCUT2D eigenvalue weighted by Crippen LogP contribution is -2.15. The predicted octanol–water partition coefficient (Wildman–Crippen LogP) is 3.18. The maximum absolute atomic E-state index is 12.0. The summed E-state index contributed by atoms with van der Waals surface area (Å²) in [5, 5.41) is 2.91. The Bertz CT molecular complexity index is 401. The van der Waals surface area contributed by atoms with Crippen molar-refractivity contribution < 1.29 is 9.53 Å². The third kappa shape index (κ3) is 5.61. The Morgan fingerprint density at radius 1 is 1.30 bits per heavy atom. The molecule has 0 radical (unpaired) electrons. The molecule has 112 valence electrons. The zero-order valence-corrected chi connectivity index (χ0v) is 12.5. The highest BCUT2D eigenvalue weighted by Gasteiger charge is 2.11. The van der Waals surface area contributed by atoms with Gasteiger partial charge in [0.25, 0.3) is 0 Å². The number of carbonyl (C=O) groups excluding carboxylic acids is 1. The quantitative estimate of drug-likeness (QED) is 0.729. The van der Waals surface area contributed by atoms with Crippen LogP contribution in [0.2, 0.25) is 0 Å². The first-order chi connectivity index (χ1) is 9.71. The van der Waals surface area contributed by atoms with Crippen molar-refractivity contribution in [3.8, 4) is 5.75 Å². The summed E-state index contributed by atoms with van der Waals surface area (Å²) in [6, 6.07) is 7.45. The second kappa shape index (κ2) is 9.37. The van der Waals surface area contributed by atoms with E-state index in [0.29, 0.717) is 24.6 Å². The van der Waals surface area contributed by atoms with Crippen molar-refractivity contribution in [3.05, 3.63) is 24.3 Å². The Morgan fingerprint density at radius 2 is 2.05 bits per heavy atom. The van der Waals surface area contributed by atoms with Gasteiger partial charge in [-0.3, -0.25) is 4.79 Å². The van der Waals surface area contributed by atoms with E-state index in [1.54, 1.807) is 7.11 Å². The van der Waals surface area contributed by atoms with E-state index in [2.05, 4.69) is 12.2 Å². The summed E-state index contributed by atoms with van der Waals surface area (Å²) in [6.07, 6.45) is 4.70. The molecule has 0 spiro atoms. The third-order valence-electron chi connectivity index (χ3n) is 3.43. The van der Waals surface area contributed by atoms with E-state index in [9.17, 15) is 4.79 Å². The number of nitrogens with one attached hydrogen (secondary N) is 1. The van der Waals surface area contributed by atoms with Gasteiger partial charge in [0.2, 0.25) is 5.91 Å². The first-order valence-corrected chi connectivity index (χ1v) is 7.34. The van der Waals surface area contributed by atoms with Gasteiger partial charge in [0.1, 0.15) is 5.75 Å². The molecule has 3 N–H and O–H groups in total. The van der Waals surface area contributed by atoms with E-state index in [1.807, 2.05) is 24.3 Å². The zero-order chi connectivity index (χ0) is 14.8. The van der Waals surface area contributed by atoms with Crippen molar-refractivity contribution in [3.63, 3.8) is 0 Å². The highest BCUT2D eigenvalue weighted by atomic mass is 16.5. The Hall–Kier alpha value is -1.55. The van der Waals surface area contributed by atoms with E-state index >= 15 is 0 Å². The molecule has 0 aliphatic rings. The number of rotatable bonds is 9. The van der Waals surface area contributed by atoms with Crippen molar-refractivity contribution in [1.29, 1.82) is 0 Å². The van der Waals surface area contributed by atoms with Crippen LogP contribution in [0.15, 0.2) is 24.3 Å². The fraction of sp³-hybridized carbons (Fsp3) is 0.562. The van der Waals surface area contributed by atoms with Crippen LogP contribution in [0.5, 0.6) is 5.75 Å². The van der Waals surface area contributed by atoms with Crippen LogP contribution < -0.4 is 15.8 Å². The Balaban J connectivity index is 2.46. The molecule has 1 aromatic carbocycles. The van der Waals surface area contributed by atoms with Crippen molar-refractivity contribution in [1.82, 2.24) is 0 Å². The van der Waals surface area contributed by atoms with E-state index in [1.165, 1.54) is 0 Å². The molecule has 0 fully saturated rings. The standard InChI is InChI=1S/C16H26N2O2/c1-3-6-13(11-12-17)9-10-16(19)18-14-7-4-5-8-15(14)20-2/h4-5,7-8,13H,3,6,9-12,17H2,1-2H3,(H,18,19). The molecule has 1 amide bonds. The summed E-state index contributed by atoms with van der Waals surface area (Å²) in [6.45, 7) is 2.86.